The Labute approximate surface area is 126 Å². The van der Waals surface area contributed by atoms with Gasteiger partial charge in [0.25, 0.3) is 0 Å². The van der Waals surface area contributed by atoms with Crippen molar-refractivity contribution in [1.82, 2.24) is 4.90 Å². The Hall–Kier alpha value is -0.900. The van der Waals surface area contributed by atoms with Crippen molar-refractivity contribution in [1.29, 1.82) is 0 Å². The molecule has 1 heterocycles. The minimum Gasteiger partial charge on any atom is -0.379 e. The molecule has 0 aromatic heterocycles. The van der Waals surface area contributed by atoms with E-state index >= 15 is 0 Å². The minimum absolute atomic E-state index is 0. The van der Waals surface area contributed by atoms with Crippen molar-refractivity contribution in [3.05, 3.63) is 35.4 Å². The van der Waals surface area contributed by atoms with Gasteiger partial charge in [-0.25, -0.2) is 0 Å². The molecule has 1 aliphatic carbocycles. The number of nitrogens with zero attached hydrogens (tertiary/aromatic N) is 1. The number of hydrogen-bond acceptors (Lipinski definition) is 3. The van der Waals surface area contributed by atoms with E-state index in [0.717, 1.165) is 44.8 Å². The Kier molecular flexibility index (Phi) is 5.19. The van der Waals surface area contributed by atoms with E-state index in [1.165, 1.54) is 5.56 Å². The van der Waals surface area contributed by atoms with E-state index in [0.29, 0.717) is 11.7 Å². The number of halogens is 1. The molecule has 20 heavy (non-hydrogen) atoms. The third kappa shape index (κ3) is 3.05. The lowest BCUT2D eigenvalue weighted by Crippen LogP contribution is -2.42. The predicted molar refractivity (Wildman–Crippen MR) is 81.8 cm³/mol. The normalized spacial score (nSPS) is 26.8. The number of rotatable bonds is 2. The van der Waals surface area contributed by atoms with Gasteiger partial charge in [-0.2, -0.15) is 0 Å². The van der Waals surface area contributed by atoms with Gasteiger partial charge in [0.05, 0.1) is 13.2 Å². The van der Waals surface area contributed by atoms with Gasteiger partial charge in [-0.15, -0.1) is 12.4 Å². The Morgan fingerprint density at radius 2 is 1.95 bits per heavy atom. The van der Waals surface area contributed by atoms with Crippen molar-refractivity contribution in [2.24, 2.45) is 5.92 Å². The molecule has 0 amide bonds. The largest absolute Gasteiger partial charge is 0.379 e. The maximum Gasteiger partial charge on any atom is 0.167 e. The first kappa shape index (κ1) is 15.5. The number of hydrogen-bond donors (Lipinski definition) is 0. The molecule has 0 radical (unpaired) electrons. The third-order valence-corrected chi connectivity index (χ3v) is 4.35. The van der Waals surface area contributed by atoms with Crippen molar-refractivity contribution in [2.75, 3.05) is 32.8 Å². The van der Waals surface area contributed by atoms with Crippen LogP contribution in [0.3, 0.4) is 0 Å². The zero-order valence-electron chi connectivity index (χ0n) is 11.9. The van der Waals surface area contributed by atoms with E-state index in [9.17, 15) is 4.79 Å². The average molecular weight is 296 g/mol. The number of fused-ring (bicyclic) bond motifs is 1. The summed E-state index contributed by atoms with van der Waals surface area (Å²) < 4.78 is 5.37. The first-order chi connectivity index (χ1) is 9.25. The highest BCUT2D eigenvalue weighted by Crippen LogP contribution is 2.34. The third-order valence-electron chi connectivity index (χ3n) is 4.35. The van der Waals surface area contributed by atoms with Crippen LogP contribution in [-0.2, 0) is 4.74 Å². The summed E-state index contributed by atoms with van der Waals surface area (Å²) in [6.45, 7) is 6.64. The fraction of sp³-hybridized carbons (Fsp3) is 0.562. The summed E-state index contributed by atoms with van der Waals surface area (Å²) in [6.07, 6.45) is 0.979. The van der Waals surface area contributed by atoms with Crippen LogP contribution in [0.4, 0.5) is 0 Å². The standard InChI is InChI=1S/C16H21NO2.ClH/c1-12-10-13(11-17-6-8-19-9-7-17)16(18)15-5-3-2-4-14(12)15;/h2-5,12-13H,6-11H2,1H3;1H. The minimum atomic E-state index is 0. The van der Waals surface area contributed by atoms with Gasteiger partial charge in [0, 0.05) is 31.1 Å². The molecule has 0 spiro atoms. The molecular formula is C16H22ClNO2. The van der Waals surface area contributed by atoms with Gasteiger partial charge in [-0.1, -0.05) is 31.2 Å². The predicted octanol–water partition coefficient (Wildman–Crippen LogP) is 2.75. The Bertz CT molecular complexity index is 471. The summed E-state index contributed by atoms with van der Waals surface area (Å²) in [4.78, 5) is 14.9. The van der Waals surface area contributed by atoms with E-state index in [1.807, 2.05) is 18.2 Å². The van der Waals surface area contributed by atoms with Crippen molar-refractivity contribution in [2.45, 2.75) is 19.3 Å². The second-order valence-electron chi connectivity index (χ2n) is 5.70. The van der Waals surface area contributed by atoms with E-state index in [1.54, 1.807) is 0 Å². The van der Waals surface area contributed by atoms with Crippen molar-refractivity contribution in [3.63, 3.8) is 0 Å². The van der Waals surface area contributed by atoms with Crippen LogP contribution in [0.15, 0.2) is 24.3 Å². The molecule has 2 unspecified atom stereocenters. The summed E-state index contributed by atoms with van der Waals surface area (Å²) in [5, 5.41) is 0. The fourth-order valence-corrected chi connectivity index (χ4v) is 3.28. The molecule has 1 saturated heterocycles. The smallest absolute Gasteiger partial charge is 0.167 e. The van der Waals surface area contributed by atoms with Crippen LogP contribution in [0.2, 0.25) is 0 Å². The highest BCUT2D eigenvalue weighted by atomic mass is 35.5. The molecule has 0 saturated carbocycles. The number of ether oxygens (including phenoxy) is 1. The SMILES string of the molecule is CC1CC(CN2CCOCC2)C(=O)c2ccccc21.Cl. The summed E-state index contributed by atoms with van der Waals surface area (Å²) in [5.74, 6) is 0.975. The lowest BCUT2D eigenvalue weighted by atomic mass is 9.76. The first-order valence-electron chi connectivity index (χ1n) is 7.19. The van der Waals surface area contributed by atoms with Gasteiger partial charge in [-0.3, -0.25) is 9.69 Å². The van der Waals surface area contributed by atoms with Crippen molar-refractivity contribution >= 4 is 18.2 Å². The lowest BCUT2D eigenvalue weighted by molar-refractivity contribution is 0.0286. The molecule has 2 atom stereocenters. The van der Waals surface area contributed by atoms with Crippen LogP contribution in [0.25, 0.3) is 0 Å². The van der Waals surface area contributed by atoms with E-state index in [-0.39, 0.29) is 18.3 Å². The van der Waals surface area contributed by atoms with Gasteiger partial charge >= 0.3 is 0 Å². The van der Waals surface area contributed by atoms with Gasteiger partial charge in [0.1, 0.15) is 0 Å². The lowest BCUT2D eigenvalue weighted by Gasteiger charge is -2.34. The molecule has 3 nitrogen and oxygen atoms in total. The Balaban J connectivity index is 0.00000147. The fourth-order valence-electron chi connectivity index (χ4n) is 3.28. The monoisotopic (exact) mass is 295 g/mol. The topological polar surface area (TPSA) is 29.5 Å². The summed E-state index contributed by atoms with van der Waals surface area (Å²) in [6, 6.07) is 8.09. The molecule has 0 bridgehead atoms. The number of Topliss-reactive ketones (excluding diaryl/α,β-unsaturated/α-hetero) is 1. The molecule has 0 N–H and O–H groups in total. The highest BCUT2D eigenvalue weighted by Gasteiger charge is 2.32. The number of ketones is 1. The Morgan fingerprint density at radius 1 is 1.25 bits per heavy atom. The van der Waals surface area contributed by atoms with Gasteiger partial charge in [-0.05, 0) is 17.9 Å². The van der Waals surface area contributed by atoms with Crippen LogP contribution in [0, 0.1) is 5.92 Å². The second-order valence-corrected chi connectivity index (χ2v) is 5.70. The molecular weight excluding hydrogens is 274 g/mol. The zero-order valence-corrected chi connectivity index (χ0v) is 12.7. The molecule has 1 fully saturated rings. The summed E-state index contributed by atoms with van der Waals surface area (Å²) >= 11 is 0. The second kappa shape index (κ2) is 6.70. The molecule has 1 aliphatic heterocycles. The van der Waals surface area contributed by atoms with Crippen LogP contribution in [0.5, 0.6) is 0 Å². The summed E-state index contributed by atoms with van der Waals surface area (Å²) in [7, 11) is 0. The van der Waals surface area contributed by atoms with Gasteiger partial charge in [0.15, 0.2) is 5.78 Å². The first-order valence-corrected chi connectivity index (χ1v) is 7.19. The quantitative estimate of drug-likeness (QED) is 0.840. The van der Waals surface area contributed by atoms with Crippen LogP contribution in [0.1, 0.15) is 35.2 Å². The molecule has 2 aliphatic rings. The number of carbonyl (C=O) groups is 1. The molecule has 3 rings (SSSR count). The average Bonchev–Trinajstić information content (AvgIpc) is 2.46. The molecule has 1 aromatic carbocycles. The number of carbonyl (C=O) groups excluding carboxylic acids is 1. The van der Waals surface area contributed by atoms with Gasteiger partial charge in [0.2, 0.25) is 0 Å². The van der Waals surface area contributed by atoms with E-state index in [2.05, 4.69) is 17.9 Å². The zero-order chi connectivity index (χ0) is 13.2. The number of benzene rings is 1. The summed E-state index contributed by atoms with van der Waals surface area (Å²) in [5.41, 5.74) is 2.17. The Morgan fingerprint density at radius 3 is 2.70 bits per heavy atom. The van der Waals surface area contributed by atoms with Crippen molar-refractivity contribution < 1.29 is 9.53 Å². The maximum absolute atomic E-state index is 12.6. The van der Waals surface area contributed by atoms with Crippen LogP contribution < -0.4 is 0 Å². The van der Waals surface area contributed by atoms with Crippen LogP contribution in [-0.4, -0.2) is 43.5 Å². The number of morpholine rings is 1. The highest BCUT2D eigenvalue weighted by molar-refractivity contribution is 6.00. The van der Waals surface area contributed by atoms with Crippen LogP contribution >= 0.6 is 12.4 Å². The molecule has 1 aromatic rings. The van der Waals surface area contributed by atoms with Gasteiger partial charge < -0.3 is 4.74 Å². The maximum atomic E-state index is 12.6. The molecule has 110 valence electrons. The van der Waals surface area contributed by atoms with E-state index in [4.69, 9.17) is 4.74 Å². The van der Waals surface area contributed by atoms with E-state index < -0.39 is 0 Å². The van der Waals surface area contributed by atoms with Crippen molar-refractivity contribution in [3.8, 4) is 0 Å². The molecule has 4 heteroatoms.